The highest BCUT2D eigenvalue weighted by Crippen LogP contribution is 2.28. The van der Waals surface area contributed by atoms with Crippen LogP contribution >= 0.6 is 28.1 Å². The first-order chi connectivity index (χ1) is 9.94. The number of hydrogen-bond acceptors (Lipinski definition) is 2. The molecule has 1 aliphatic rings. The van der Waals surface area contributed by atoms with Gasteiger partial charge in [0.1, 0.15) is 5.82 Å². The largest absolute Gasteiger partial charge is 0.391 e. The van der Waals surface area contributed by atoms with Crippen LogP contribution < -0.4 is 11.1 Å². The quantitative estimate of drug-likeness (QED) is 0.628. The van der Waals surface area contributed by atoms with Gasteiger partial charge in [0, 0.05) is 5.56 Å². The van der Waals surface area contributed by atoms with E-state index < -0.39 is 11.4 Å². The zero-order chi connectivity index (χ0) is 15.5. The fourth-order valence-corrected chi connectivity index (χ4v) is 3.19. The van der Waals surface area contributed by atoms with E-state index >= 15 is 0 Å². The maximum absolute atomic E-state index is 13.6. The molecule has 21 heavy (non-hydrogen) atoms. The third-order valence-electron chi connectivity index (χ3n) is 3.96. The molecule has 0 aromatic heterocycles. The molecule has 0 radical (unpaired) electrons. The predicted octanol–water partition coefficient (Wildman–Crippen LogP) is 3.70. The minimum Gasteiger partial charge on any atom is -0.391 e. The first kappa shape index (κ1) is 16.4. The van der Waals surface area contributed by atoms with Crippen molar-refractivity contribution in [2.45, 2.75) is 44.1 Å². The number of nitrogens with one attached hydrogen (secondary N) is 1. The van der Waals surface area contributed by atoms with E-state index in [0.717, 1.165) is 38.5 Å². The Hall–Kier alpha value is -1.01. The molecule has 1 fully saturated rings. The first-order valence-electron chi connectivity index (χ1n) is 7.02. The third-order valence-corrected chi connectivity index (χ3v) is 5.00. The van der Waals surface area contributed by atoms with Gasteiger partial charge in [-0.3, -0.25) is 4.79 Å². The van der Waals surface area contributed by atoms with Crippen LogP contribution in [0.5, 0.6) is 0 Å². The first-order valence-corrected chi connectivity index (χ1v) is 8.22. The van der Waals surface area contributed by atoms with Gasteiger partial charge >= 0.3 is 0 Å². The van der Waals surface area contributed by atoms with E-state index in [0.29, 0.717) is 9.46 Å². The monoisotopic (exact) mass is 372 g/mol. The average molecular weight is 373 g/mol. The molecule has 0 unspecified atom stereocenters. The summed E-state index contributed by atoms with van der Waals surface area (Å²) in [5.74, 6) is -0.802. The molecular formula is C15H18BrFN2OS. The molecule has 1 aliphatic carbocycles. The Morgan fingerprint density at radius 1 is 1.29 bits per heavy atom. The molecule has 1 aromatic rings. The standard InChI is InChI=1S/C15H18BrFN2OS/c16-11-6-5-10(9-12(11)17)13(20)19-15(14(18)21)7-3-1-2-4-8-15/h5-6,9H,1-4,7-8H2,(H2,18,21)(H,19,20). The minimum atomic E-state index is -0.646. The van der Waals surface area contributed by atoms with Crippen molar-refractivity contribution in [2.75, 3.05) is 0 Å². The molecule has 0 saturated heterocycles. The molecule has 2 rings (SSSR count). The Bertz CT molecular complexity index is 557. The molecule has 0 aliphatic heterocycles. The van der Waals surface area contributed by atoms with Crippen LogP contribution in [-0.4, -0.2) is 16.4 Å². The van der Waals surface area contributed by atoms with Gasteiger partial charge in [-0.05, 0) is 47.0 Å². The van der Waals surface area contributed by atoms with Crippen molar-refractivity contribution in [2.24, 2.45) is 5.73 Å². The summed E-state index contributed by atoms with van der Waals surface area (Å²) in [5, 5.41) is 2.95. The van der Waals surface area contributed by atoms with Crippen LogP contribution in [0.2, 0.25) is 0 Å². The SMILES string of the molecule is NC(=S)C1(NC(=O)c2ccc(Br)c(F)c2)CCCCCC1. The number of carbonyl (C=O) groups is 1. The number of nitrogens with two attached hydrogens (primary N) is 1. The van der Waals surface area contributed by atoms with Crippen LogP contribution in [0.1, 0.15) is 48.9 Å². The van der Waals surface area contributed by atoms with Crippen LogP contribution in [0.25, 0.3) is 0 Å². The number of rotatable bonds is 3. The van der Waals surface area contributed by atoms with Crippen LogP contribution in [0.3, 0.4) is 0 Å². The lowest BCUT2D eigenvalue weighted by atomic mass is 9.89. The van der Waals surface area contributed by atoms with Gasteiger partial charge < -0.3 is 11.1 Å². The highest BCUT2D eigenvalue weighted by Gasteiger charge is 2.35. The summed E-state index contributed by atoms with van der Waals surface area (Å²) in [6.07, 6.45) is 5.68. The lowest BCUT2D eigenvalue weighted by Gasteiger charge is -2.33. The number of halogens is 2. The summed E-state index contributed by atoms with van der Waals surface area (Å²) in [5.41, 5.74) is 5.51. The van der Waals surface area contributed by atoms with Crippen molar-refractivity contribution >= 4 is 39.0 Å². The molecule has 6 heteroatoms. The average Bonchev–Trinajstić information content (AvgIpc) is 2.68. The lowest BCUT2D eigenvalue weighted by molar-refractivity contribution is 0.0917. The summed E-state index contributed by atoms with van der Waals surface area (Å²) in [6.45, 7) is 0. The van der Waals surface area contributed by atoms with E-state index in [4.69, 9.17) is 18.0 Å². The van der Waals surface area contributed by atoms with Gasteiger partial charge in [-0.25, -0.2) is 4.39 Å². The lowest BCUT2D eigenvalue weighted by Crippen LogP contribution is -2.56. The summed E-state index contributed by atoms with van der Waals surface area (Å²) in [6, 6.07) is 4.31. The number of carbonyl (C=O) groups excluding carboxylic acids is 1. The van der Waals surface area contributed by atoms with Crippen molar-refractivity contribution < 1.29 is 9.18 Å². The summed E-state index contributed by atoms with van der Waals surface area (Å²) in [7, 11) is 0. The molecule has 0 heterocycles. The van der Waals surface area contributed by atoms with E-state index in [1.807, 2.05) is 0 Å². The second-order valence-electron chi connectivity index (χ2n) is 5.44. The van der Waals surface area contributed by atoms with Crippen molar-refractivity contribution in [1.29, 1.82) is 0 Å². The fourth-order valence-electron chi connectivity index (χ4n) is 2.69. The summed E-state index contributed by atoms with van der Waals surface area (Å²) in [4.78, 5) is 12.7. The van der Waals surface area contributed by atoms with E-state index in [1.165, 1.54) is 12.1 Å². The Balaban J connectivity index is 2.21. The molecule has 1 saturated carbocycles. The van der Waals surface area contributed by atoms with Crippen LogP contribution in [0.15, 0.2) is 22.7 Å². The van der Waals surface area contributed by atoms with Crippen molar-refractivity contribution in [3.05, 3.63) is 34.1 Å². The highest BCUT2D eigenvalue weighted by atomic mass is 79.9. The third kappa shape index (κ3) is 3.80. The molecule has 3 nitrogen and oxygen atoms in total. The zero-order valence-electron chi connectivity index (χ0n) is 11.6. The number of benzene rings is 1. The highest BCUT2D eigenvalue weighted by molar-refractivity contribution is 9.10. The predicted molar refractivity (Wildman–Crippen MR) is 88.8 cm³/mol. The minimum absolute atomic E-state index is 0.274. The summed E-state index contributed by atoms with van der Waals surface area (Å²) >= 11 is 8.26. The smallest absolute Gasteiger partial charge is 0.252 e. The van der Waals surface area contributed by atoms with E-state index in [1.54, 1.807) is 6.07 Å². The molecule has 0 atom stereocenters. The van der Waals surface area contributed by atoms with E-state index in [2.05, 4.69) is 21.2 Å². The van der Waals surface area contributed by atoms with Gasteiger partial charge in [-0.1, -0.05) is 37.9 Å². The molecule has 1 amide bonds. The van der Waals surface area contributed by atoms with Gasteiger partial charge in [0.2, 0.25) is 0 Å². The van der Waals surface area contributed by atoms with Gasteiger partial charge in [-0.15, -0.1) is 0 Å². The fraction of sp³-hybridized carbons (Fsp3) is 0.467. The maximum Gasteiger partial charge on any atom is 0.252 e. The summed E-state index contributed by atoms with van der Waals surface area (Å²) < 4.78 is 13.9. The van der Waals surface area contributed by atoms with E-state index in [-0.39, 0.29) is 11.5 Å². The molecule has 0 spiro atoms. The Morgan fingerprint density at radius 2 is 1.90 bits per heavy atom. The van der Waals surface area contributed by atoms with Crippen LogP contribution in [0.4, 0.5) is 4.39 Å². The van der Waals surface area contributed by atoms with Gasteiger partial charge in [0.25, 0.3) is 5.91 Å². The topological polar surface area (TPSA) is 55.1 Å². The Labute approximate surface area is 137 Å². The number of thiocarbonyl (C=S) groups is 1. The van der Waals surface area contributed by atoms with Gasteiger partial charge in [0.05, 0.1) is 15.0 Å². The van der Waals surface area contributed by atoms with Crippen molar-refractivity contribution in [1.82, 2.24) is 5.32 Å². The molecule has 3 N–H and O–H groups in total. The van der Waals surface area contributed by atoms with E-state index in [9.17, 15) is 9.18 Å². The normalized spacial score (nSPS) is 17.8. The molecule has 1 aromatic carbocycles. The zero-order valence-corrected chi connectivity index (χ0v) is 14.0. The Kier molecular flexibility index (Phi) is 5.32. The Morgan fingerprint density at radius 3 is 2.43 bits per heavy atom. The molecule has 0 bridgehead atoms. The van der Waals surface area contributed by atoms with Crippen LogP contribution in [-0.2, 0) is 0 Å². The van der Waals surface area contributed by atoms with Crippen molar-refractivity contribution in [3.63, 3.8) is 0 Å². The number of hydrogen-bond donors (Lipinski definition) is 2. The van der Waals surface area contributed by atoms with Crippen molar-refractivity contribution in [3.8, 4) is 0 Å². The van der Waals surface area contributed by atoms with Gasteiger partial charge in [-0.2, -0.15) is 0 Å². The molecular weight excluding hydrogens is 355 g/mol. The number of amides is 1. The second kappa shape index (κ2) is 6.83. The second-order valence-corrected chi connectivity index (χ2v) is 6.74. The van der Waals surface area contributed by atoms with Gasteiger partial charge in [0.15, 0.2) is 0 Å². The molecule has 114 valence electrons. The van der Waals surface area contributed by atoms with Crippen LogP contribution in [0, 0.1) is 5.82 Å². The maximum atomic E-state index is 13.6.